The summed E-state index contributed by atoms with van der Waals surface area (Å²) in [6.07, 6.45) is 3.21. The number of benzene rings is 3. The fourth-order valence-corrected chi connectivity index (χ4v) is 3.47. The summed E-state index contributed by atoms with van der Waals surface area (Å²) >= 11 is 0. The smallest absolute Gasteiger partial charge is 0.343 e. The lowest BCUT2D eigenvalue weighted by molar-refractivity contribution is 0.0732. The molecular formula is C29H30O6. The standard InChI is InChI=1S/C29H30O6/c1-29(2,3)21-14-11-19(12-15-21)13-16-23(30)22-9-7-8-10-24(22)35-28(31)20-17-25(32-4)27(34-6)26(18-20)33-5/h7-18H,1-6H3/b16-13+. The summed E-state index contributed by atoms with van der Waals surface area (Å²) in [7, 11) is 4.40. The van der Waals surface area contributed by atoms with Gasteiger partial charge in [-0.2, -0.15) is 0 Å². The van der Waals surface area contributed by atoms with Crippen molar-refractivity contribution < 1.29 is 28.5 Å². The first-order valence-electron chi connectivity index (χ1n) is 11.1. The highest BCUT2D eigenvalue weighted by atomic mass is 16.5. The van der Waals surface area contributed by atoms with Crippen molar-refractivity contribution in [1.29, 1.82) is 0 Å². The van der Waals surface area contributed by atoms with Crippen LogP contribution >= 0.6 is 0 Å². The van der Waals surface area contributed by atoms with Gasteiger partial charge in [0.2, 0.25) is 5.75 Å². The first-order valence-corrected chi connectivity index (χ1v) is 11.1. The van der Waals surface area contributed by atoms with Crippen LogP contribution in [0.3, 0.4) is 0 Å². The zero-order chi connectivity index (χ0) is 25.6. The predicted octanol–water partition coefficient (Wildman–Crippen LogP) is 6.13. The van der Waals surface area contributed by atoms with Gasteiger partial charge in [-0.05, 0) is 46.9 Å². The van der Waals surface area contributed by atoms with Crippen LogP contribution in [-0.4, -0.2) is 33.1 Å². The largest absolute Gasteiger partial charge is 0.493 e. The summed E-state index contributed by atoms with van der Waals surface area (Å²) in [4.78, 5) is 25.8. The van der Waals surface area contributed by atoms with Crippen molar-refractivity contribution in [3.05, 3.63) is 89.0 Å². The van der Waals surface area contributed by atoms with Crippen LogP contribution < -0.4 is 18.9 Å². The van der Waals surface area contributed by atoms with E-state index in [1.165, 1.54) is 45.1 Å². The molecule has 3 rings (SSSR count). The van der Waals surface area contributed by atoms with Gasteiger partial charge in [0.25, 0.3) is 0 Å². The SMILES string of the molecule is COc1cc(C(=O)Oc2ccccc2C(=O)/C=C/c2ccc(C(C)(C)C)cc2)cc(OC)c1OC. The van der Waals surface area contributed by atoms with E-state index < -0.39 is 5.97 Å². The zero-order valence-corrected chi connectivity index (χ0v) is 20.9. The van der Waals surface area contributed by atoms with Crippen molar-refractivity contribution in [2.75, 3.05) is 21.3 Å². The van der Waals surface area contributed by atoms with Crippen molar-refractivity contribution in [3.8, 4) is 23.0 Å². The second-order valence-corrected chi connectivity index (χ2v) is 8.87. The number of ether oxygens (including phenoxy) is 4. The molecule has 35 heavy (non-hydrogen) atoms. The second-order valence-electron chi connectivity index (χ2n) is 8.87. The summed E-state index contributed by atoms with van der Waals surface area (Å²) in [6, 6.07) is 17.7. The van der Waals surface area contributed by atoms with E-state index in [-0.39, 0.29) is 28.1 Å². The minimum Gasteiger partial charge on any atom is -0.493 e. The lowest BCUT2D eigenvalue weighted by Gasteiger charge is -2.18. The van der Waals surface area contributed by atoms with E-state index >= 15 is 0 Å². The van der Waals surface area contributed by atoms with E-state index in [4.69, 9.17) is 18.9 Å². The summed E-state index contributed by atoms with van der Waals surface area (Å²) in [6.45, 7) is 6.45. The van der Waals surface area contributed by atoms with Crippen LogP contribution in [0.2, 0.25) is 0 Å². The van der Waals surface area contributed by atoms with Crippen molar-refractivity contribution >= 4 is 17.8 Å². The summed E-state index contributed by atoms with van der Waals surface area (Å²) in [5.41, 5.74) is 2.63. The fourth-order valence-electron chi connectivity index (χ4n) is 3.47. The maximum atomic E-state index is 12.9. The maximum Gasteiger partial charge on any atom is 0.343 e. The third-order valence-corrected chi connectivity index (χ3v) is 5.46. The molecule has 0 fully saturated rings. The number of hydrogen-bond donors (Lipinski definition) is 0. The average molecular weight is 475 g/mol. The van der Waals surface area contributed by atoms with E-state index in [9.17, 15) is 9.59 Å². The van der Waals surface area contributed by atoms with Crippen LogP contribution in [0.25, 0.3) is 6.08 Å². The summed E-state index contributed by atoms with van der Waals surface area (Å²) in [5.74, 6) is 0.225. The van der Waals surface area contributed by atoms with Gasteiger partial charge in [-0.25, -0.2) is 4.79 Å². The first kappa shape index (κ1) is 25.6. The molecule has 3 aromatic carbocycles. The minimum atomic E-state index is -0.661. The van der Waals surface area contributed by atoms with Crippen molar-refractivity contribution in [2.45, 2.75) is 26.2 Å². The van der Waals surface area contributed by atoms with E-state index in [0.29, 0.717) is 17.2 Å². The molecule has 0 unspecified atom stereocenters. The Morgan fingerprint density at radius 2 is 1.37 bits per heavy atom. The molecule has 0 N–H and O–H groups in total. The van der Waals surface area contributed by atoms with Gasteiger partial charge in [0.05, 0.1) is 32.5 Å². The van der Waals surface area contributed by atoms with Crippen LogP contribution in [0.5, 0.6) is 23.0 Å². The molecule has 0 amide bonds. The molecular weight excluding hydrogens is 444 g/mol. The molecule has 0 spiro atoms. The van der Waals surface area contributed by atoms with Crippen LogP contribution in [0, 0.1) is 0 Å². The molecule has 6 heteroatoms. The number of para-hydroxylation sites is 1. The monoisotopic (exact) mass is 474 g/mol. The Morgan fingerprint density at radius 1 is 0.771 bits per heavy atom. The molecule has 0 aliphatic heterocycles. The van der Waals surface area contributed by atoms with Gasteiger partial charge in [0.1, 0.15) is 5.75 Å². The Labute approximate surface area is 206 Å². The van der Waals surface area contributed by atoms with Gasteiger partial charge in [-0.15, -0.1) is 0 Å². The number of esters is 1. The summed E-state index contributed by atoms with van der Waals surface area (Å²) < 4.78 is 21.5. The molecule has 0 atom stereocenters. The lowest BCUT2D eigenvalue weighted by Crippen LogP contribution is -2.12. The molecule has 6 nitrogen and oxygen atoms in total. The van der Waals surface area contributed by atoms with Gasteiger partial charge < -0.3 is 18.9 Å². The quantitative estimate of drug-likeness (QED) is 0.169. The highest BCUT2D eigenvalue weighted by Gasteiger charge is 2.20. The van der Waals surface area contributed by atoms with Gasteiger partial charge in [0.15, 0.2) is 17.3 Å². The molecule has 0 saturated heterocycles. The lowest BCUT2D eigenvalue weighted by atomic mass is 9.87. The van der Waals surface area contributed by atoms with E-state index in [1.54, 1.807) is 30.3 Å². The summed E-state index contributed by atoms with van der Waals surface area (Å²) in [5, 5.41) is 0. The average Bonchev–Trinajstić information content (AvgIpc) is 2.86. The molecule has 3 aromatic rings. The molecule has 0 radical (unpaired) electrons. The van der Waals surface area contributed by atoms with Crippen LogP contribution in [0.4, 0.5) is 0 Å². The third-order valence-electron chi connectivity index (χ3n) is 5.46. The zero-order valence-electron chi connectivity index (χ0n) is 20.9. The van der Waals surface area contributed by atoms with Crippen molar-refractivity contribution in [3.63, 3.8) is 0 Å². The maximum absolute atomic E-state index is 12.9. The number of carbonyl (C=O) groups is 2. The normalized spacial score (nSPS) is 11.3. The van der Waals surface area contributed by atoms with Gasteiger partial charge in [-0.1, -0.05) is 63.2 Å². The van der Waals surface area contributed by atoms with Crippen LogP contribution in [-0.2, 0) is 5.41 Å². The van der Waals surface area contributed by atoms with Crippen LogP contribution in [0.1, 0.15) is 52.6 Å². The highest BCUT2D eigenvalue weighted by molar-refractivity contribution is 6.09. The Kier molecular flexibility index (Phi) is 7.97. The minimum absolute atomic E-state index is 0.0544. The molecule has 0 bridgehead atoms. The number of ketones is 1. The Balaban J connectivity index is 1.82. The number of rotatable bonds is 8. The molecule has 0 aromatic heterocycles. The topological polar surface area (TPSA) is 71.1 Å². The molecule has 0 saturated carbocycles. The van der Waals surface area contributed by atoms with Gasteiger partial charge >= 0.3 is 5.97 Å². The Bertz CT molecular complexity index is 1210. The third kappa shape index (κ3) is 6.09. The number of methoxy groups -OCH3 is 3. The van der Waals surface area contributed by atoms with Crippen molar-refractivity contribution in [1.82, 2.24) is 0 Å². The predicted molar refractivity (Wildman–Crippen MR) is 136 cm³/mol. The second kappa shape index (κ2) is 10.9. The molecule has 0 heterocycles. The number of carbonyl (C=O) groups excluding carboxylic acids is 2. The van der Waals surface area contributed by atoms with Crippen LogP contribution in [0.15, 0.2) is 66.7 Å². The number of hydrogen-bond acceptors (Lipinski definition) is 6. The van der Waals surface area contributed by atoms with Gasteiger partial charge in [-0.3, -0.25) is 4.79 Å². The molecule has 0 aliphatic carbocycles. The Hall–Kier alpha value is -4.06. The van der Waals surface area contributed by atoms with E-state index in [0.717, 1.165) is 5.56 Å². The highest BCUT2D eigenvalue weighted by Crippen LogP contribution is 2.38. The molecule has 182 valence electrons. The van der Waals surface area contributed by atoms with Crippen molar-refractivity contribution in [2.24, 2.45) is 0 Å². The van der Waals surface area contributed by atoms with E-state index in [1.807, 2.05) is 12.1 Å². The first-order chi connectivity index (χ1) is 16.7. The molecule has 0 aliphatic rings. The Morgan fingerprint density at radius 3 is 1.91 bits per heavy atom. The van der Waals surface area contributed by atoms with Gasteiger partial charge in [0, 0.05) is 0 Å². The number of allylic oxidation sites excluding steroid dienone is 1. The fraction of sp³-hybridized carbons (Fsp3) is 0.241. The van der Waals surface area contributed by atoms with E-state index in [2.05, 4.69) is 32.9 Å².